The summed E-state index contributed by atoms with van der Waals surface area (Å²) in [6.07, 6.45) is 5.45. The molecule has 0 aromatic carbocycles. The summed E-state index contributed by atoms with van der Waals surface area (Å²) in [5, 5.41) is 12.1. The fraction of sp³-hybridized carbons (Fsp3) is 0.857. The smallest absolute Gasteiger partial charge is 0.329 e. The minimum absolute atomic E-state index is 0.149. The molecule has 0 bridgehead atoms. The van der Waals surface area contributed by atoms with Crippen LogP contribution in [0.2, 0.25) is 0 Å². The van der Waals surface area contributed by atoms with Crippen LogP contribution in [0.15, 0.2) is 0 Å². The molecule has 2 aliphatic carbocycles. The predicted octanol–water partition coefficient (Wildman–Crippen LogP) is 1.27. The van der Waals surface area contributed by atoms with Crippen molar-refractivity contribution in [2.24, 2.45) is 17.1 Å². The number of carboxylic acid groups (broad SMARTS) is 1. The zero-order valence-electron chi connectivity index (χ0n) is 11.6. The van der Waals surface area contributed by atoms with Gasteiger partial charge < -0.3 is 16.2 Å². The first-order chi connectivity index (χ1) is 8.94. The van der Waals surface area contributed by atoms with E-state index in [1.807, 2.05) is 0 Å². The summed E-state index contributed by atoms with van der Waals surface area (Å²) in [4.78, 5) is 23.8. The molecule has 0 aliphatic heterocycles. The Morgan fingerprint density at radius 3 is 2.21 bits per heavy atom. The molecule has 0 atom stereocenters. The van der Waals surface area contributed by atoms with Crippen molar-refractivity contribution >= 4 is 11.9 Å². The molecule has 5 nitrogen and oxygen atoms in total. The minimum atomic E-state index is -1.03. The number of carbonyl (C=O) groups excluding carboxylic acids is 1. The average Bonchev–Trinajstić information content (AvgIpc) is 2.34. The van der Waals surface area contributed by atoms with E-state index < -0.39 is 16.9 Å². The number of nitrogens with one attached hydrogen (secondary N) is 1. The van der Waals surface area contributed by atoms with Gasteiger partial charge in [0.15, 0.2) is 0 Å². The lowest BCUT2D eigenvalue weighted by molar-refractivity contribution is -0.154. The highest BCUT2D eigenvalue weighted by molar-refractivity contribution is 5.90. The van der Waals surface area contributed by atoms with Gasteiger partial charge in [-0.2, -0.15) is 0 Å². The molecule has 19 heavy (non-hydrogen) atoms. The van der Waals surface area contributed by atoms with Crippen molar-refractivity contribution < 1.29 is 14.7 Å². The topological polar surface area (TPSA) is 92.4 Å². The summed E-state index contributed by atoms with van der Waals surface area (Å²) in [6, 6.07) is 0. The first kappa shape index (κ1) is 14.3. The molecule has 108 valence electrons. The van der Waals surface area contributed by atoms with E-state index in [1.165, 1.54) is 0 Å². The van der Waals surface area contributed by atoms with E-state index in [0.717, 1.165) is 32.1 Å². The first-order valence-corrected chi connectivity index (χ1v) is 7.20. The maximum Gasteiger partial charge on any atom is 0.329 e. The molecule has 0 aromatic heterocycles. The fourth-order valence-corrected chi connectivity index (χ4v) is 3.11. The van der Waals surface area contributed by atoms with Crippen molar-refractivity contribution in [3.8, 4) is 0 Å². The van der Waals surface area contributed by atoms with Gasteiger partial charge in [0.05, 0.1) is 5.41 Å². The van der Waals surface area contributed by atoms with Gasteiger partial charge in [-0.1, -0.05) is 6.92 Å². The monoisotopic (exact) mass is 268 g/mol. The van der Waals surface area contributed by atoms with E-state index in [4.69, 9.17) is 5.73 Å². The molecular weight excluding hydrogens is 244 g/mol. The van der Waals surface area contributed by atoms with Crippen molar-refractivity contribution in [2.75, 3.05) is 6.54 Å². The Bertz CT molecular complexity index is 369. The van der Waals surface area contributed by atoms with E-state index >= 15 is 0 Å². The maximum absolute atomic E-state index is 12.5. The first-order valence-electron chi connectivity index (χ1n) is 7.20. The third-order valence-electron chi connectivity index (χ3n) is 5.07. The quantitative estimate of drug-likeness (QED) is 0.715. The molecule has 5 heteroatoms. The van der Waals surface area contributed by atoms with Crippen LogP contribution >= 0.6 is 0 Å². The van der Waals surface area contributed by atoms with E-state index in [-0.39, 0.29) is 5.91 Å². The van der Waals surface area contributed by atoms with Crippen LogP contribution in [0.4, 0.5) is 0 Å². The lowest BCUT2D eigenvalue weighted by Crippen LogP contribution is -2.63. The van der Waals surface area contributed by atoms with Crippen molar-refractivity contribution in [3.63, 3.8) is 0 Å². The molecule has 2 saturated carbocycles. The number of amides is 1. The van der Waals surface area contributed by atoms with Crippen LogP contribution in [-0.4, -0.2) is 29.1 Å². The summed E-state index contributed by atoms with van der Waals surface area (Å²) in [6.45, 7) is 2.49. The summed E-state index contributed by atoms with van der Waals surface area (Å²) in [5.74, 6) is -0.433. The van der Waals surface area contributed by atoms with E-state index in [0.29, 0.717) is 25.3 Å². The minimum Gasteiger partial charge on any atom is -0.480 e. The predicted molar refractivity (Wildman–Crippen MR) is 71.5 cm³/mol. The molecule has 0 unspecified atom stereocenters. The summed E-state index contributed by atoms with van der Waals surface area (Å²) in [5.41, 5.74) is 4.25. The van der Waals surface area contributed by atoms with Gasteiger partial charge in [-0.05, 0) is 50.9 Å². The van der Waals surface area contributed by atoms with Gasteiger partial charge in [-0.3, -0.25) is 4.79 Å². The number of hydrogen-bond acceptors (Lipinski definition) is 3. The van der Waals surface area contributed by atoms with Gasteiger partial charge >= 0.3 is 5.97 Å². The molecule has 0 aromatic rings. The van der Waals surface area contributed by atoms with Gasteiger partial charge in [-0.25, -0.2) is 4.79 Å². The third kappa shape index (κ3) is 2.48. The molecule has 0 heterocycles. The number of carboxylic acids is 1. The van der Waals surface area contributed by atoms with Gasteiger partial charge in [0.1, 0.15) is 5.54 Å². The molecule has 2 aliphatic rings. The number of nitrogens with two attached hydrogens (primary N) is 1. The summed E-state index contributed by atoms with van der Waals surface area (Å²) < 4.78 is 0. The van der Waals surface area contributed by atoms with Crippen LogP contribution in [-0.2, 0) is 9.59 Å². The van der Waals surface area contributed by atoms with Crippen molar-refractivity contribution in [1.29, 1.82) is 0 Å². The lowest BCUT2D eigenvalue weighted by Gasteiger charge is -2.43. The molecule has 0 saturated heterocycles. The number of aliphatic carboxylic acids is 1. The third-order valence-corrected chi connectivity index (χ3v) is 5.07. The summed E-state index contributed by atoms with van der Waals surface area (Å²) >= 11 is 0. The second kappa shape index (κ2) is 5.12. The largest absolute Gasteiger partial charge is 0.480 e. The van der Waals surface area contributed by atoms with E-state index in [2.05, 4.69) is 12.2 Å². The van der Waals surface area contributed by atoms with Crippen molar-refractivity contribution in [1.82, 2.24) is 5.32 Å². The highest BCUT2D eigenvalue weighted by Crippen LogP contribution is 2.40. The Hall–Kier alpha value is -1.10. The number of carbonyl (C=O) groups is 2. The second-order valence-corrected chi connectivity index (χ2v) is 6.36. The zero-order valence-corrected chi connectivity index (χ0v) is 11.6. The lowest BCUT2D eigenvalue weighted by atomic mass is 9.69. The molecule has 4 N–H and O–H groups in total. The molecule has 2 fully saturated rings. The molecule has 2 rings (SSSR count). The van der Waals surface area contributed by atoms with E-state index in [9.17, 15) is 14.7 Å². The maximum atomic E-state index is 12.5. The Labute approximate surface area is 113 Å². The zero-order chi connectivity index (χ0) is 14.1. The summed E-state index contributed by atoms with van der Waals surface area (Å²) in [7, 11) is 0. The highest BCUT2D eigenvalue weighted by atomic mass is 16.4. The fourth-order valence-electron chi connectivity index (χ4n) is 3.11. The highest BCUT2D eigenvalue weighted by Gasteiger charge is 2.49. The molecule has 0 radical (unpaired) electrons. The Balaban J connectivity index is 2.07. The second-order valence-electron chi connectivity index (χ2n) is 6.36. The van der Waals surface area contributed by atoms with Gasteiger partial charge in [0.2, 0.25) is 5.91 Å². The molecular formula is C14H24N2O3. The molecule has 0 spiro atoms. The normalized spacial score (nSPS) is 33.3. The van der Waals surface area contributed by atoms with Crippen LogP contribution in [0, 0.1) is 11.3 Å². The van der Waals surface area contributed by atoms with Gasteiger partial charge in [0.25, 0.3) is 0 Å². The van der Waals surface area contributed by atoms with Gasteiger partial charge in [-0.15, -0.1) is 0 Å². The van der Waals surface area contributed by atoms with Crippen LogP contribution in [0.3, 0.4) is 0 Å². The SMILES string of the molecule is CC1CCC(CN)(C(=O)NC2(C(=O)O)CCC2)CC1. The number of rotatable bonds is 4. The standard InChI is InChI=1S/C14H24N2O3/c1-10-3-7-13(9-15,8-4-10)11(17)16-14(12(18)19)5-2-6-14/h10H,2-9,15H2,1H3,(H,16,17)(H,18,19). The van der Waals surface area contributed by atoms with Crippen LogP contribution < -0.4 is 11.1 Å². The Kier molecular flexibility index (Phi) is 3.85. The Morgan fingerprint density at radius 2 is 1.84 bits per heavy atom. The number of hydrogen-bond donors (Lipinski definition) is 3. The van der Waals surface area contributed by atoms with E-state index in [1.54, 1.807) is 0 Å². The molecule has 1 amide bonds. The van der Waals surface area contributed by atoms with Crippen LogP contribution in [0.25, 0.3) is 0 Å². The van der Waals surface area contributed by atoms with Gasteiger partial charge in [0, 0.05) is 6.54 Å². The van der Waals surface area contributed by atoms with Crippen LogP contribution in [0.1, 0.15) is 51.9 Å². The average molecular weight is 268 g/mol. The van der Waals surface area contributed by atoms with Crippen molar-refractivity contribution in [3.05, 3.63) is 0 Å². The Morgan fingerprint density at radius 1 is 1.26 bits per heavy atom. The van der Waals surface area contributed by atoms with Crippen molar-refractivity contribution in [2.45, 2.75) is 57.4 Å². The van der Waals surface area contributed by atoms with Crippen LogP contribution in [0.5, 0.6) is 0 Å².